The lowest BCUT2D eigenvalue weighted by molar-refractivity contribution is -0.137. The zero-order valence-corrected chi connectivity index (χ0v) is 11.1. The molecule has 0 unspecified atom stereocenters. The van der Waals surface area contributed by atoms with E-state index in [2.05, 4.69) is 0 Å². The first-order chi connectivity index (χ1) is 8.88. The van der Waals surface area contributed by atoms with Crippen LogP contribution in [0.25, 0.3) is 0 Å². The molecule has 1 aromatic carbocycles. The summed E-state index contributed by atoms with van der Waals surface area (Å²) in [6.07, 6.45) is -1.05. The summed E-state index contributed by atoms with van der Waals surface area (Å²) in [6, 6.07) is 2.80. The molecule has 0 aromatic heterocycles. The molecule has 0 saturated carbocycles. The molecule has 2 nitrogen and oxygen atoms in total. The van der Waals surface area contributed by atoms with Gasteiger partial charge in [0, 0.05) is 0 Å². The van der Waals surface area contributed by atoms with Crippen LogP contribution in [0.4, 0.5) is 13.2 Å². The maximum absolute atomic E-state index is 12.5. The normalized spacial score (nSPS) is 11.9. The predicted octanol–water partition coefficient (Wildman–Crippen LogP) is 4.76. The number of aromatic hydroxyl groups is 1. The van der Waals surface area contributed by atoms with Crippen LogP contribution >= 0.6 is 0 Å². The number of phenols is 1. The van der Waals surface area contributed by atoms with Gasteiger partial charge in [0.2, 0.25) is 0 Å². The Morgan fingerprint density at radius 1 is 1.16 bits per heavy atom. The van der Waals surface area contributed by atoms with E-state index >= 15 is 0 Å². The Bertz CT molecular complexity index is 396. The van der Waals surface area contributed by atoms with Crippen molar-refractivity contribution in [2.24, 2.45) is 0 Å². The van der Waals surface area contributed by atoms with Crippen molar-refractivity contribution in [3.05, 3.63) is 23.8 Å². The second kappa shape index (κ2) is 6.68. The molecule has 0 fully saturated rings. The van der Waals surface area contributed by atoms with E-state index in [-0.39, 0.29) is 11.9 Å². The van der Waals surface area contributed by atoms with Crippen molar-refractivity contribution in [3.8, 4) is 11.5 Å². The second-order valence-corrected chi connectivity index (χ2v) is 4.50. The molecule has 0 bridgehead atoms. The average molecular weight is 276 g/mol. The van der Waals surface area contributed by atoms with Crippen molar-refractivity contribution < 1.29 is 23.0 Å². The van der Waals surface area contributed by atoms with Gasteiger partial charge in [-0.25, -0.2) is 0 Å². The number of phenolic OH excluding ortho intramolecular Hbond substituents is 1. The van der Waals surface area contributed by atoms with Crippen molar-refractivity contribution in [1.29, 1.82) is 0 Å². The third-order valence-electron chi connectivity index (χ3n) is 2.80. The third-order valence-corrected chi connectivity index (χ3v) is 2.80. The molecule has 0 aliphatic rings. The maximum atomic E-state index is 12.5. The quantitative estimate of drug-likeness (QED) is 0.811. The lowest BCUT2D eigenvalue weighted by atomic mass is 10.1. The van der Waals surface area contributed by atoms with E-state index in [1.165, 1.54) is 6.07 Å². The zero-order valence-electron chi connectivity index (χ0n) is 11.1. The van der Waals surface area contributed by atoms with Crippen molar-refractivity contribution in [3.63, 3.8) is 0 Å². The Labute approximate surface area is 111 Å². The summed E-state index contributed by atoms with van der Waals surface area (Å²) in [5.41, 5.74) is -0.875. The van der Waals surface area contributed by atoms with Crippen molar-refractivity contribution >= 4 is 0 Å². The van der Waals surface area contributed by atoms with Gasteiger partial charge < -0.3 is 9.84 Å². The molecule has 0 amide bonds. The van der Waals surface area contributed by atoms with Gasteiger partial charge in [-0.2, -0.15) is 13.2 Å². The second-order valence-electron chi connectivity index (χ2n) is 4.50. The number of alkyl halides is 3. The molecular weight excluding hydrogens is 257 g/mol. The first kappa shape index (κ1) is 15.7. The maximum Gasteiger partial charge on any atom is 0.416 e. The van der Waals surface area contributed by atoms with Gasteiger partial charge in [0.05, 0.1) is 11.7 Å². The lowest BCUT2D eigenvalue weighted by Gasteiger charge is -2.19. The Kier molecular flexibility index (Phi) is 5.51. The van der Waals surface area contributed by atoms with E-state index in [0.29, 0.717) is 6.07 Å². The monoisotopic (exact) mass is 276 g/mol. The molecule has 0 radical (unpaired) electrons. The number of hydrogen-bond acceptors (Lipinski definition) is 2. The number of ether oxygens (including phenoxy) is 1. The number of halogens is 3. The fraction of sp³-hybridized carbons (Fsp3) is 0.571. The minimum atomic E-state index is -4.46. The van der Waals surface area contributed by atoms with E-state index in [0.717, 1.165) is 31.7 Å². The van der Waals surface area contributed by atoms with Crippen LogP contribution in [0.15, 0.2) is 18.2 Å². The Morgan fingerprint density at radius 2 is 1.74 bits per heavy atom. The standard InChI is InChI=1S/C14H19F3O2/c1-3-5-11(6-4-2)19-13-8-7-10(9-12(13)18)14(15,16)17/h7-9,11,18H,3-6H2,1-2H3. The Hall–Kier alpha value is -1.39. The summed E-state index contributed by atoms with van der Waals surface area (Å²) >= 11 is 0. The highest BCUT2D eigenvalue weighted by Gasteiger charge is 2.31. The Morgan fingerprint density at radius 3 is 2.16 bits per heavy atom. The molecule has 1 N–H and O–H groups in total. The number of rotatable bonds is 6. The molecule has 0 aliphatic carbocycles. The predicted molar refractivity (Wildman–Crippen MR) is 67.3 cm³/mol. The van der Waals surface area contributed by atoms with Crippen LogP contribution in [-0.2, 0) is 6.18 Å². The number of benzene rings is 1. The summed E-state index contributed by atoms with van der Waals surface area (Å²) in [5, 5.41) is 9.62. The molecule has 0 atom stereocenters. The van der Waals surface area contributed by atoms with Gasteiger partial charge in [-0.05, 0) is 31.0 Å². The summed E-state index contributed by atoms with van der Waals surface area (Å²) in [4.78, 5) is 0. The van der Waals surface area contributed by atoms with E-state index in [4.69, 9.17) is 4.74 Å². The molecule has 5 heteroatoms. The van der Waals surface area contributed by atoms with Gasteiger partial charge in [-0.3, -0.25) is 0 Å². The van der Waals surface area contributed by atoms with Crippen LogP contribution in [0.3, 0.4) is 0 Å². The van der Waals surface area contributed by atoms with Gasteiger partial charge in [0.1, 0.15) is 0 Å². The average Bonchev–Trinajstić information content (AvgIpc) is 2.31. The van der Waals surface area contributed by atoms with Crippen molar-refractivity contribution in [2.45, 2.75) is 51.8 Å². The molecule has 0 saturated heterocycles. The van der Waals surface area contributed by atoms with Crippen LogP contribution in [0, 0.1) is 0 Å². The minimum absolute atomic E-state index is 0.0716. The molecular formula is C14H19F3O2. The van der Waals surface area contributed by atoms with Crippen molar-refractivity contribution in [2.75, 3.05) is 0 Å². The number of hydrogen-bond donors (Lipinski definition) is 1. The van der Waals surface area contributed by atoms with Gasteiger partial charge in [-0.1, -0.05) is 26.7 Å². The van der Waals surface area contributed by atoms with Crippen LogP contribution in [-0.4, -0.2) is 11.2 Å². The topological polar surface area (TPSA) is 29.5 Å². The summed E-state index contributed by atoms with van der Waals surface area (Å²) in [6.45, 7) is 4.03. The first-order valence-electron chi connectivity index (χ1n) is 6.45. The molecule has 19 heavy (non-hydrogen) atoms. The first-order valence-corrected chi connectivity index (χ1v) is 6.45. The minimum Gasteiger partial charge on any atom is -0.504 e. The molecule has 0 heterocycles. The van der Waals surface area contributed by atoms with Gasteiger partial charge in [-0.15, -0.1) is 0 Å². The lowest BCUT2D eigenvalue weighted by Crippen LogP contribution is -2.16. The molecule has 0 aliphatic heterocycles. The fourth-order valence-corrected chi connectivity index (χ4v) is 1.88. The largest absolute Gasteiger partial charge is 0.504 e. The van der Waals surface area contributed by atoms with Gasteiger partial charge >= 0.3 is 6.18 Å². The molecule has 1 rings (SSSR count). The highest BCUT2D eigenvalue weighted by Crippen LogP contribution is 2.36. The SMILES string of the molecule is CCCC(CCC)Oc1ccc(C(F)(F)F)cc1O. The van der Waals surface area contributed by atoms with Crippen molar-refractivity contribution in [1.82, 2.24) is 0 Å². The third kappa shape index (κ3) is 4.65. The van der Waals surface area contributed by atoms with Gasteiger partial charge in [0.25, 0.3) is 0 Å². The summed E-state index contributed by atoms with van der Waals surface area (Å²) in [5.74, 6) is -0.355. The van der Waals surface area contributed by atoms with E-state index < -0.39 is 17.5 Å². The van der Waals surface area contributed by atoms with Crippen LogP contribution in [0.5, 0.6) is 11.5 Å². The summed E-state index contributed by atoms with van der Waals surface area (Å²) < 4.78 is 42.9. The Balaban J connectivity index is 2.84. The van der Waals surface area contributed by atoms with Crippen LogP contribution in [0.2, 0.25) is 0 Å². The highest BCUT2D eigenvalue weighted by molar-refractivity contribution is 5.42. The summed E-state index contributed by atoms with van der Waals surface area (Å²) in [7, 11) is 0. The van der Waals surface area contributed by atoms with Gasteiger partial charge in [0.15, 0.2) is 11.5 Å². The fourth-order valence-electron chi connectivity index (χ4n) is 1.88. The molecule has 108 valence electrons. The van der Waals surface area contributed by atoms with E-state index in [1.54, 1.807) is 0 Å². The van der Waals surface area contributed by atoms with E-state index in [9.17, 15) is 18.3 Å². The molecule has 0 spiro atoms. The molecule has 1 aromatic rings. The smallest absolute Gasteiger partial charge is 0.416 e. The highest BCUT2D eigenvalue weighted by atomic mass is 19.4. The zero-order chi connectivity index (χ0) is 14.5. The van der Waals surface area contributed by atoms with Crippen LogP contribution in [0.1, 0.15) is 45.1 Å². The van der Waals surface area contributed by atoms with Crippen LogP contribution < -0.4 is 4.74 Å². The van der Waals surface area contributed by atoms with E-state index in [1.807, 2.05) is 13.8 Å².